The summed E-state index contributed by atoms with van der Waals surface area (Å²) in [4.78, 5) is 25.0. The van der Waals surface area contributed by atoms with Crippen molar-refractivity contribution in [1.29, 1.82) is 0 Å². The van der Waals surface area contributed by atoms with Crippen LogP contribution in [0.3, 0.4) is 0 Å². The summed E-state index contributed by atoms with van der Waals surface area (Å²) in [5.41, 5.74) is 6.06. The Morgan fingerprint density at radius 1 is 1.35 bits per heavy atom. The van der Waals surface area contributed by atoms with Gasteiger partial charge in [-0.05, 0) is 12.8 Å². The number of nitrogens with two attached hydrogens (primary N) is 1. The Labute approximate surface area is 137 Å². The van der Waals surface area contributed by atoms with Gasteiger partial charge >= 0.3 is 0 Å². The van der Waals surface area contributed by atoms with Gasteiger partial charge in [0.2, 0.25) is 17.7 Å². The van der Waals surface area contributed by atoms with Gasteiger partial charge in [-0.15, -0.1) is 0 Å². The largest absolute Gasteiger partial charge is 0.478 e. The first-order valence-corrected chi connectivity index (χ1v) is 8.32. The second-order valence-corrected chi connectivity index (χ2v) is 5.85. The van der Waals surface area contributed by atoms with E-state index in [-0.39, 0.29) is 11.8 Å². The summed E-state index contributed by atoms with van der Waals surface area (Å²) in [6.07, 6.45) is 2.61. The van der Waals surface area contributed by atoms with E-state index in [4.69, 9.17) is 10.5 Å². The van der Waals surface area contributed by atoms with E-state index in [2.05, 4.69) is 21.8 Å². The van der Waals surface area contributed by atoms with E-state index >= 15 is 0 Å². The molecule has 2 unspecified atom stereocenters. The van der Waals surface area contributed by atoms with Gasteiger partial charge in [0.1, 0.15) is 0 Å². The van der Waals surface area contributed by atoms with Gasteiger partial charge in [-0.3, -0.25) is 4.79 Å². The first-order valence-electron chi connectivity index (χ1n) is 8.32. The lowest BCUT2D eigenvalue weighted by atomic mass is 9.98. The normalized spacial score (nSPS) is 17.7. The molecule has 1 aliphatic rings. The third-order valence-corrected chi connectivity index (χ3v) is 4.33. The SMILES string of the molecule is CCOc1ccnc(N2CCN(C(=O)C(N)C(C)CC)CC2)n1. The summed E-state index contributed by atoms with van der Waals surface area (Å²) in [7, 11) is 0. The number of anilines is 1. The van der Waals surface area contributed by atoms with Gasteiger partial charge in [-0.2, -0.15) is 4.98 Å². The second-order valence-electron chi connectivity index (χ2n) is 5.85. The number of aromatic nitrogens is 2. The number of ether oxygens (including phenoxy) is 1. The van der Waals surface area contributed by atoms with Gasteiger partial charge < -0.3 is 20.3 Å². The van der Waals surface area contributed by atoms with Crippen LogP contribution in [0, 0.1) is 5.92 Å². The van der Waals surface area contributed by atoms with E-state index in [0.29, 0.717) is 44.6 Å². The number of carbonyl (C=O) groups excluding carboxylic acids is 1. The maximum Gasteiger partial charge on any atom is 0.239 e. The molecule has 128 valence electrons. The summed E-state index contributed by atoms with van der Waals surface area (Å²) in [6.45, 7) is 9.27. The fourth-order valence-electron chi connectivity index (χ4n) is 2.55. The molecule has 1 amide bonds. The zero-order chi connectivity index (χ0) is 16.8. The van der Waals surface area contributed by atoms with Gasteiger partial charge in [0, 0.05) is 38.4 Å². The van der Waals surface area contributed by atoms with Crippen LogP contribution >= 0.6 is 0 Å². The van der Waals surface area contributed by atoms with Crippen molar-refractivity contribution >= 4 is 11.9 Å². The number of rotatable bonds is 6. The quantitative estimate of drug-likeness (QED) is 0.838. The fraction of sp³-hybridized carbons (Fsp3) is 0.688. The molecule has 2 heterocycles. The van der Waals surface area contributed by atoms with Crippen molar-refractivity contribution in [3.63, 3.8) is 0 Å². The van der Waals surface area contributed by atoms with Crippen LogP contribution in [-0.4, -0.2) is 59.6 Å². The maximum absolute atomic E-state index is 12.4. The monoisotopic (exact) mass is 321 g/mol. The smallest absolute Gasteiger partial charge is 0.239 e. The molecule has 1 fully saturated rings. The summed E-state index contributed by atoms with van der Waals surface area (Å²) in [6, 6.07) is 1.34. The van der Waals surface area contributed by atoms with Crippen LogP contribution in [0.2, 0.25) is 0 Å². The van der Waals surface area contributed by atoms with Crippen molar-refractivity contribution < 1.29 is 9.53 Å². The van der Waals surface area contributed by atoms with E-state index in [1.165, 1.54) is 0 Å². The number of nitrogens with zero attached hydrogens (tertiary/aromatic N) is 4. The van der Waals surface area contributed by atoms with Crippen molar-refractivity contribution in [2.24, 2.45) is 11.7 Å². The average Bonchev–Trinajstić information content (AvgIpc) is 2.60. The molecule has 0 bridgehead atoms. The summed E-state index contributed by atoms with van der Waals surface area (Å²) < 4.78 is 5.41. The Balaban J connectivity index is 1.93. The molecule has 7 nitrogen and oxygen atoms in total. The summed E-state index contributed by atoms with van der Waals surface area (Å²) in [5, 5.41) is 0. The van der Waals surface area contributed by atoms with Crippen molar-refractivity contribution in [1.82, 2.24) is 14.9 Å². The molecule has 7 heteroatoms. The minimum Gasteiger partial charge on any atom is -0.478 e. The lowest BCUT2D eigenvalue weighted by molar-refractivity contribution is -0.134. The Kier molecular flexibility index (Phi) is 6.15. The minimum atomic E-state index is -0.413. The Morgan fingerprint density at radius 3 is 2.65 bits per heavy atom. The van der Waals surface area contributed by atoms with E-state index in [1.807, 2.05) is 18.7 Å². The Morgan fingerprint density at radius 2 is 2.04 bits per heavy atom. The molecule has 0 spiro atoms. The highest BCUT2D eigenvalue weighted by atomic mass is 16.5. The second kappa shape index (κ2) is 8.10. The number of carbonyl (C=O) groups is 1. The predicted molar refractivity (Wildman–Crippen MR) is 89.4 cm³/mol. The van der Waals surface area contributed by atoms with Gasteiger partial charge in [-0.1, -0.05) is 20.3 Å². The highest BCUT2D eigenvalue weighted by Gasteiger charge is 2.28. The maximum atomic E-state index is 12.4. The molecule has 1 aromatic rings. The Hall–Kier alpha value is -1.89. The molecule has 0 aliphatic carbocycles. The number of amides is 1. The van der Waals surface area contributed by atoms with Crippen LogP contribution in [0.4, 0.5) is 5.95 Å². The Bertz CT molecular complexity index is 517. The standard InChI is InChI=1S/C16H27N5O2/c1-4-12(3)14(17)15(22)20-8-10-21(11-9-20)16-18-7-6-13(19-16)23-5-2/h6-7,12,14H,4-5,8-11,17H2,1-3H3. The lowest BCUT2D eigenvalue weighted by Gasteiger charge is -2.36. The number of hydrogen-bond donors (Lipinski definition) is 1. The lowest BCUT2D eigenvalue weighted by Crippen LogP contribution is -2.54. The van der Waals surface area contributed by atoms with Crippen molar-refractivity contribution in [2.45, 2.75) is 33.2 Å². The topological polar surface area (TPSA) is 84.6 Å². The zero-order valence-corrected chi connectivity index (χ0v) is 14.2. The van der Waals surface area contributed by atoms with E-state index in [9.17, 15) is 4.79 Å². The summed E-state index contributed by atoms with van der Waals surface area (Å²) in [5.74, 6) is 1.47. The predicted octanol–water partition coefficient (Wildman–Crippen LogP) is 0.897. The van der Waals surface area contributed by atoms with Crippen LogP contribution in [0.15, 0.2) is 12.3 Å². The molecule has 1 aromatic heterocycles. The van der Waals surface area contributed by atoms with Crippen molar-refractivity contribution in [3.8, 4) is 5.88 Å². The molecule has 0 radical (unpaired) electrons. The van der Waals surface area contributed by atoms with Gasteiger partial charge in [0.15, 0.2) is 0 Å². The van der Waals surface area contributed by atoms with E-state index < -0.39 is 6.04 Å². The molecule has 0 saturated carbocycles. The molecular formula is C16H27N5O2. The number of piperazine rings is 1. The average molecular weight is 321 g/mol. The first-order chi connectivity index (χ1) is 11.1. The summed E-state index contributed by atoms with van der Waals surface area (Å²) >= 11 is 0. The molecule has 1 saturated heterocycles. The van der Waals surface area contributed by atoms with Gasteiger partial charge in [0.25, 0.3) is 0 Å². The van der Waals surface area contributed by atoms with Crippen LogP contribution < -0.4 is 15.4 Å². The third-order valence-electron chi connectivity index (χ3n) is 4.33. The molecule has 2 N–H and O–H groups in total. The zero-order valence-electron chi connectivity index (χ0n) is 14.2. The fourth-order valence-corrected chi connectivity index (χ4v) is 2.55. The van der Waals surface area contributed by atoms with Crippen LogP contribution in [0.1, 0.15) is 27.2 Å². The van der Waals surface area contributed by atoms with Crippen LogP contribution in [0.5, 0.6) is 5.88 Å². The third kappa shape index (κ3) is 4.31. The van der Waals surface area contributed by atoms with Crippen LogP contribution in [0.25, 0.3) is 0 Å². The van der Waals surface area contributed by atoms with Gasteiger partial charge in [0.05, 0.1) is 12.6 Å². The highest BCUT2D eigenvalue weighted by Crippen LogP contribution is 2.16. The van der Waals surface area contributed by atoms with Crippen molar-refractivity contribution in [2.75, 3.05) is 37.7 Å². The highest BCUT2D eigenvalue weighted by molar-refractivity contribution is 5.82. The first kappa shape index (κ1) is 17.5. The van der Waals surface area contributed by atoms with Crippen LogP contribution in [-0.2, 0) is 4.79 Å². The molecule has 2 rings (SSSR count). The van der Waals surface area contributed by atoms with Crippen molar-refractivity contribution in [3.05, 3.63) is 12.3 Å². The van der Waals surface area contributed by atoms with Gasteiger partial charge in [-0.25, -0.2) is 4.98 Å². The minimum absolute atomic E-state index is 0.0444. The molecule has 0 aromatic carbocycles. The number of hydrogen-bond acceptors (Lipinski definition) is 6. The van der Waals surface area contributed by atoms with E-state index in [1.54, 1.807) is 12.3 Å². The molecular weight excluding hydrogens is 294 g/mol. The molecule has 23 heavy (non-hydrogen) atoms. The molecule has 1 aliphatic heterocycles. The molecule has 2 atom stereocenters. The van der Waals surface area contributed by atoms with E-state index in [0.717, 1.165) is 6.42 Å².